The maximum atomic E-state index is 12.1. The van der Waals surface area contributed by atoms with Crippen molar-refractivity contribution >= 4 is 28.3 Å². The Balaban J connectivity index is 1.90. The molecule has 1 heterocycles. The molecule has 4 rings (SSSR count). The average Bonchev–Trinajstić information content (AvgIpc) is 2.76. The van der Waals surface area contributed by atoms with Gasteiger partial charge in [0.05, 0.1) is 12.6 Å². The van der Waals surface area contributed by atoms with E-state index in [-0.39, 0.29) is 6.04 Å². The minimum atomic E-state index is -0.777. The van der Waals surface area contributed by atoms with Gasteiger partial charge in [-0.2, -0.15) is 0 Å². The van der Waals surface area contributed by atoms with Gasteiger partial charge in [-0.15, -0.1) is 0 Å². The molecule has 0 aliphatic carbocycles. The first kappa shape index (κ1) is 20.7. The molecule has 156 valence electrons. The molecule has 0 amide bonds. The van der Waals surface area contributed by atoms with Crippen LogP contribution >= 0.6 is 11.6 Å². The second-order valence-electron chi connectivity index (χ2n) is 7.71. The standard InChI is InChI=1S/C25H26ClNO3/c1-2-30-23-13-12-20(26)16-21(23)24(27-14-6-5-9-22(27)25(28)29)19-11-10-17-7-3-4-8-18(17)15-19/h3-4,7-8,10-13,15-16,22,24H,2,5-6,9,14H2,1H3,(H,28,29). The van der Waals surface area contributed by atoms with Crippen LogP contribution in [0.2, 0.25) is 5.02 Å². The normalized spacial score (nSPS) is 18.3. The summed E-state index contributed by atoms with van der Waals surface area (Å²) in [5, 5.41) is 12.9. The predicted octanol–water partition coefficient (Wildman–Crippen LogP) is 5.92. The number of nitrogens with zero attached hydrogens (tertiary/aromatic N) is 1. The third-order valence-corrected chi connectivity index (χ3v) is 6.05. The summed E-state index contributed by atoms with van der Waals surface area (Å²) in [5.41, 5.74) is 1.96. The summed E-state index contributed by atoms with van der Waals surface area (Å²) in [6.07, 6.45) is 2.54. The van der Waals surface area contributed by atoms with Crippen LogP contribution in [0.1, 0.15) is 43.4 Å². The van der Waals surface area contributed by atoms with E-state index < -0.39 is 12.0 Å². The van der Waals surface area contributed by atoms with Crippen LogP contribution in [0.4, 0.5) is 0 Å². The summed E-state index contributed by atoms with van der Waals surface area (Å²) in [4.78, 5) is 14.2. The maximum absolute atomic E-state index is 12.1. The molecule has 0 aromatic heterocycles. The highest BCUT2D eigenvalue weighted by atomic mass is 35.5. The molecule has 3 aromatic rings. The molecule has 1 saturated heterocycles. The Morgan fingerprint density at radius 3 is 2.70 bits per heavy atom. The first-order valence-electron chi connectivity index (χ1n) is 10.5. The predicted molar refractivity (Wildman–Crippen MR) is 120 cm³/mol. The average molecular weight is 424 g/mol. The zero-order valence-corrected chi connectivity index (χ0v) is 17.8. The van der Waals surface area contributed by atoms with E-state index in [9.17, 15) is 9.90 Å². The number of carboxylic acid groups (broad SMARTS) is 1. The zero-order valence-electron chi connectivity index (χ0n) is 17.1. The van der Waals surface area contributed by atoms with Gasteiger partial charge in [0.15, 0.2) is 0 Å². The molecule has 3 aromatic carbocycles. The van der Waals surface area contributed by atoms with Gasteiger partial charge in [-0.05, 0) is 66.9 Å². The Morgan fingerprint density at radius 2 is 1.93 bits per heavy atom. The molecule has 2 unspecified atom stereocenters. The van der Waals surface area contributed by atoms with Crippen molar-refractivity contribution in [2.45, 2.75) is 38.3 Å². The number of carboxylic acids is 1. The van der Waals surface area contributed by atoms with E-state index in [1.54, 1.807) is 0 Å². The van der Waals surface area contributed by atoms with Gasteiger partial charge in [-0.25, -0.2) is 0 Å². The van der Waals surface area contributed by atoms with E-state index in [1.807, 2.05) is 37.3 Å². The fourth-order valence-electron chi connectivity index (χ4n) is 4.48. The second kappa shape index (κ2) is 9.07. The van der Waals surface area contributed by atoms with Crippen LogP contribution in [0.25, 0.3) is 10.8 Å². The molecular weight excluding hydrogens is 398 g/mol. The van der Waals surface area contributed by atoms with Crippen LogP contribution in [-0.2, 0) is 4.79 Å². The van der Waals surface area contributed by atoms with E-state index in [4.69, 9.17) is 16.3 Å². The van der Waals surface area contributed by atoms with Gasteiger partial charge in [-0.1, -0.05) is 54.4 Å². The summed E-state index contributed by atoms with van der Waals surface area (Å²) in [6.45, 7) is 3.19. The Labute approximate surface area is 182 Å². The van der Waals surface area contributed by atoms with Crippen LogP contribution in [-0.4, -0.2) is 35.2 Å². The Bertz CT molecular complexity index is 1050. The van der Waals surface area contributed by atoms with Gasteiger partial charge in [0.2, 0.25) is 0 Å². The number of hydrogen-bond acceptors (Lipinski definition) is 3. The number of aliphatic carboxylic acids is 1. The molecule has 1 aliphatic heterocycles. The molecule has 2 atom stereocenters. The minimum Gasteiger partial charge on any atom is -0.494 e. The van der Waals surface area contributed by atoms with Crippen LogP contribution in [0.3, 0.4) is 0 Å². The Kier molecular flexibility index (Phi) is 6.26. The molecule has 0 radical (unpaired) electrons. The van der Waals surface area contributed by atoms with Crippen molar-refractivity contribution in [2.24, 2.45) is 0 Å². The van der Waals surface area contributed by atoms with Gasteiger partial charge >= 0.3 is 5.97 Å². The highest BCUT2D eigenvalue weighted by Gasteiger charge is 2.36. The monoisotopic (exact) mass is 423 g/mol. The molecular formula is C25H26ClNO3. The fourth-order valence-corrected chi connectivity index (χ4v) is 4.66. The van der Waals surface area contributed by atoms with Crippen molar-refractivity contribution in [2.75, 3.05) is 13.2 Å². The first-order chi connectivity index (χ1) is 14.6. The molecule has 0 spiro atoms. The molecule has 5 heteroatoms. The summed E-state index contributed by atoms with van der Waals surface area (Å²) in [5.74, 6) is -0.0322. The van der Waals surface area contributed by atoms with E-state index in [0.717, 1.165) is 40.5 Å². The van der Waals surface area contributed by atoms with Crippen molar-refractivity contribution in [1.29, 1.82) is 0 Å². The highest BCUT2D eigenvalue weighted by molar-refractivity contribution is 6.30. The van der Waals surface area contributed by atoms with Crippen molar-refractivity contribution in [1.82, 2.24) is 4.90 Å². The summed E-state index contributed by atoms with van der Waals surface area (Å²) in [7, 11) is 0. The number of ether oxygens (including phenoxy) is 1. The van der Waals surface area contributed by atoms with Crippen LogP contribution < -0.4 is 4.74 Å². The lowest BCUT2D eigenvalue weighted by Gasteiger charge is -2.40. The Hall–Kier alpha value is -2.56. The number of rotatable bonds is 6. The lowest BCUT2D eigenvalue weighted by molar-refractivity contribution is -0.145. The van der Waals surface area contributed by atoms with Gasteiger partial charge in [0.1, 0.15) is 11.8 Å². The lowest BCUT2D eigenvalue weighted by atomic mass is 9.90. The number of benzene rings is 3. The molecule has 4 nitrogen and oxygen atoms in total. The smallest absolute Gasteiger partial charge is 0.320 e. The first-order valence-corrected chi connectivity index (χ1v) is 10.9. The van der Waals surface area contributed by atoms with E-state index in [1.165, 1.54) is 0 Å². The van der Waals surface area contributed by atoms with Crippen LogP contribution in [0.5, 0.6) is 5.75 Å². The lowest BCUT2D eigenvalue weighted by Crippen LogP contribution is -2.46. The van der Waals surface area contributed by atoms with Crippen LogP contribution in [0.15, 0.2) is 60.7 Å². The van der Waals surface area contributed by atoms with E-state index in [0.29, 0.717) is 24.6 Å². The number of piperidine rings is 1. The van der Waals surface area contributed by atoms with Crippen LogP contribution in [0, 0.1) is 0 Å². The fraction of sp³-hybridized carbons (Fsp3) is 0.320. The molecule has 30 heavy (non-hydrogen) atoms. The van der Waals surface area contributed by atoms with Crippen molar-refractivity contribution in [3.63, 3.8) is 0 Å². The minimum absolute atomic E-state index is 0.253. The molecule has 1 fully saturated rings. The Morgan fingerprint density at radius 1 is 1.13 bits per heavy atom. The largest absolute Gasteiger partial charge is 0.494 e. The number of fused-ring (bicyclic) bond motifs is 1. The van der Waals surface area contributed by atoms with Gasteiger partial charge in [-0.3, -0.25) is 9.69 Å². The number of carbonyl (C=O) groups is 1. The zero-order chi connectivity index (χ0) is 21.1. The number of likely N-dealkylation sites (tertiary alicyclic amines) is 1. The molecule has 1 aliphatic rings. The summed E-state index contributed by atoms with van der Waals surface area (Å²) in [6, 6.07) is 19.4. The van der Waals surface area contributed by atoms with E-state index in [2.05, 4.69) is 35.2 Å². The van der Waals surface area contributed by atoms with Gasteiger partial charge < -0.3 is 9.84 Å². The van der Waals surface area contributed by atoms with Gasteiger partial charge in [0.25, 0.3) is 0 Å². The maximum Gasteiger partial charge on any atom is 0.320 e. The highest BCUT2D eigenvalue weighted by Crippen LogP contribution is 2.40. The molecule has 0 saturated carbocycles. The number of hydrogen-bond donors (Lipinski definition) is 1. The molecule has 1 N–H and O–H groups in total. The van der Waals surface area contributed by atoms with E-state index >= 15 is 0 Å². The number of halogens is 1. The van der Waals surface area contributed by atoms with Crippen molar-refractivity contribution in [3.8, 4) is 5.75 Å². The molecule has 0 bridgehead atoms. The van der Waals surface area contributed by atoms with Crippen molar-refractivity contribution in [3.05, 3.63) is 76.8 Å². The third-order valence-electron chi connectivity index (χ3n) is 5.82. The second-order valence-corrected chi connectivity index (χ2v) is 8.15. The summed E-state index contributed by atoms with van der Waals surface area (Å²) < 4.78 is 5.94. The third kappa shape index (κ3) is 4.16. The van der Waals surface area contributed by atoms with Crippen molar-refractivity contribution < 1.29 is 14.6 Å². The quantitative estimate of drug-likeness (QED) is 0.534. The van der Waals surface area contributed by atoms with Gasteiger partial charge in [0, 0.05) is 10.6 Å². The summed E-state index contributed by atoms with van der Waals surface area (Å²) >= 11 is 6.39. The topological polar surface area (TPSA) is 49.8 Å². The SMILES string of the molecule is CCOc1ccc(Cl)cc1C(c1ccc2ccccc2c1)N1CCCCC1C(=O)O.